The van der Waals surface area contributed by atoms with Crippen LogP contribution < -0.4 is 5.73 Å². The number of nitrogens with zero attached hydrogens (tertiary/aromatic N) is 2. The Morgan fingerprint density at radius 1 is 1.79 bits per heavy atom. The van der Waals surface area contributed by atoms with Crippen molar-refractivity contribution < 1.29 is 9.53 Å². The number of methoxy groups -OCH3 is 1. The van der Waals surface area contributed by atoms with Gasteiger partial charge in [0, 0.05) is 24.3 Å². The van der Waals surface area contributed by atoms with Crippen molar-refractivity contribution >= 4 is 5.97 Å². The molecule has 0 bridgehead atoms. The fourth-order valence-electron chi connectivity index (χ4n) is 1.25. The standard InChI is InChI=1S/C9H15N3O2/c1-6-7(5-11-12(6)2)8(10)4-9(13)14-3/h5,8H,4,10H2,1-3H3/t8-/m1/s1. The largest absolute Gasteiger partial charge is 0.469 e. The topological polar surface area (TPSA) is 70.1 Å². The van der Waals surface area contributed by atoms with Crippen LogP contribution in [0.4, 0.5) is 0 Å². The van der Waals surface area contributed by atoms with Gasteiger partial charge in [-0.15, -0.1) is 0 Å². The lowest BCUT2D eigenvalue weighted by molar-refractivity contribution is -0.141. The molecule has 0 amide bonds. The molecule has 1 heterocycles. The highest BCUT2D eigenvalue weighted by atomic mass is 16.5. The zero-order valence-corrected chi connectivity index (χ0v) is 8.65. The number of carbonyl (C=O) groups is 1. The number of hydrogen-bond donors (Lipinski definition) is 1. The minimum atomic E-state index is -0.337. The van der Waals surface area contributed by atoms with Crippen molar-refractivity contribution in [2.75, 3.05) is 7.11 Å². The van der Waals surface area contributed by atoms with Gasteiger partial charge < -0.3 is 10.5 Å². The van der Waals surface area contributed by atoms with Crippen molar-refractivity contribution in [2.24, 2.45) is 12.8 Å². The van der Waals surface area contributed by atoms with Crippen LogP contribution in [0.25, 0.3) is 0 Å². The molecule has 14 heavy (non-hydrogen) atoms. The minimum absolute atomic E-state index is 0.184. The number of carbonyl (C=O) groups excluding carboxylic acids is 1. The molecule has 0 aliphatic carbocycles. The molecule has 5 nitrogen and oxygen atoms in total. The van der Waals surface area contributed by atoms with Gasteiger partial charge in [0.2, 0.25) is 0 Å². The molecule has 0 spiro atoms. The van der Waals surface area contributed by atoms with Gasteiger partial charge in [0.1, 0.15) is 0 Å². The average Bonchev–Trinajstić information content (AvgIpc) is 2.47. The summed E-state index contributed by atoms with van der Waals surface area (Å²) in [5.41, 5.74) is 7.69. The van der Waals surface area contributed by atoms with E-state index in [1.165, 1.54) is 7.11 Å². The predicted molar refractivity (Wildman–Crippen MR) is 51.5 cm³/mol. The third-order valence-electron chi connectivity index (χ3n) is 2.29. The van der Waals surface area contributed by atoms with Crippen LogP contribution in [0.2, 0.25) is 0 Å². The number of esters is 1. The Hall–Kier alpha value is -1.36. The molecule has 0 saturated carbocycles. The molecule has 1 atom stereocenters. The molecule has 2 N–H and O–H groups in total. The second-order valence-corrected chi connectivity index (χ2v) is 3.20. The predicted octanol–water partition coefficient (Wildman–Crippen LogP) is 0.291. The normalized spacial score (nSPS) is 12.6. The van der Waals surface area contributed by atoms with E-state index in [0.717, 1.165) is 11.3 Å². The van der Waals surface area contributed by atoms with Crippen LogP contribution in [0.5, 0.6) is 0 Å². The Labute approximate surface area is 82.8 Å². The molecule has 0 fully saturated rings. The smallest absolute Gasteiger partial charge is 0.307 e. The zero-order valence-electron chi connectivity index (χ0n) is 8.65. The quantitative estimate of drug-likeness (QED) is 0.707. The molecule has 0 aliphatic heterocycles. The second-order valence-electron chi connectivity index (χ2n) is 3.20. The van der Waals surface area contributed by atoms with Gasteiger partial charge in [-0.25, -0.2) is 0 Å². The summed E-state index contributed by atoms with van der Waals surface area (Å²) < 4.78 is 6.27. The molecule has 0 unspecified atom stereocenters. The molecular formula is C9H15N3O2. The van der Waals surface area contributed by atoms with E-state index in [2.05, 4.69) is 9.84 Å². The first-order chi connectivity index (χ1) is 6.56. The molecule has 0 radical (unpaired) electrons. The monoisotopic (exact) mass is 197 g/mol. The first-order valence-electron chi connectivity index (χ1n) is 4.37. The van der Waals surface area contributed by atoms with Crippen LogP contribution in [-0.2, 0) is 16.6 Å². The molecule has 5 heteroatoms. The summed E-state index contributed by atoms with van der Waals surface area (Å²) in [7, 11) is 3.19. The van der Waals surface area contributed by atoms with Crippen LogP contribution in [0.1, 0.15) is 23.7 Å². The molecule has 0 aromatic carbocycles. The van der Waals surface area contributed by atoms with Gasteiger partial charge in [-0.2, -0.15) is 5.10 Å². The maximum absolute atomic E-state index is 11.0. The van der Waals surface area contributed by atoms with E-state index in [-0.39, 0.29) is 18.4 Å². The Morgan fingerprint density at radius 3 is 2.86 bits per heavy atom. The minimum Gasteiger partial charge on any atom is -0.469 e. The number of nitrogens with two attached hydrogens (primary N) is 1. The van der Waals surface area contributed by atoms with Crippen molar-refractivity contribution in [1.82, 2.24) is 9.78 Å². The van der Waals surface area contributed by atoms with E-state index in [1.54, 1.807) is 10.9 Å². The summed E-state index contributed by atoms with van der Waals surface area (Å²) in [5, 5.41) is 4.05. The Bertz CT molecular complexity index is 333. The summed E-state index contributed by atoms with van der Waals surface area (Å²) in [6.07, 6.45) is 1.87. The first kappa shape index (κ1) is 10.7. The van der Waals surface area contributed by atoms with Crippen molar-refractivity contribution in [1.29, 1.82) is 0 Å². The number of aryl methyl sites for hydroxylation is 1. The molecule has 1 aromatic heterocycles. The lowest BCUT2D eigenvalue weighted by Crippen LogP contribution is -2.16. The van der Waals surface area contributed by atoms with Gasteiger partial charge in [0.15, 0.2) is 0 Å². The number of ether oxygens (including phenoxy) is 1. The highest BCUT2D eigenvalue weighted by Crippen LogP contribution is 2.17. The van der Waals surface area contributed by atoms with Crippen molar-refractivity contribution in [2.45, 2.75) is 19.4 Å². The Morgan fingerprint density at radius 2 is 2.43 bits per heavy atom. The van der Waals surface area contributed by atoms with Gasteiger partial charge >= 0.3 is 5.97 Å². The van der Waals surface area contributed by atoms with Crippen LogP contribution in [0.15, 0.2) is 6.20 Å². The third-order valence-corrected chi connectivity index (χ3v) is 2.29. The van der Waals surface area contributed by atoms with E-state index in [0.29, 0.717) is 0 Å². The molecule has 78 valence electrons. The third kappa shape index (κ3) is 2.11. The van der Waals surface area contributed by atoms with Gasteiger partial charge in [-0.1, -0.05) is 0 Å². The summed E-state index contributed by atoms with van der Waals surface area (Å²) in [4.78, 5) is 11.0. The SMILES string of the molecule is COC(=O)C[C@@H](N)c1cnn(C)c1C. The maximum atomic E-state index is 11.0. The zero-order chi connectivity index (χ0) is 10.7. The molecule has 1 aromatic rings. The summed E-state index contributed by atoms with van der Waals surface area (Å²) in [6.45, 7) is 1.92. The maximum Gasteiger partial charge on any atom is 0.307 e. The van der Waals surface area contributed by atoms with Gasteiger partial charge in [0.05, 0.1) is 19.7 Å². The molecular weight excluding hydrogens is 182 g/mol. The molecule has 0 aliphatic rings. The van der Waals surface area contributed by atoms with Crippen molar-refractivity contribution in [3.63, 3.8) is 0 Å². The summed E-state index contributed by atoms with van der Waals surface area (Å²) in [5.74, 6) is -0.305. The Balaban J connectivity index is 2.74. The van der Waals surface area contributed by atoms with Crippen LogP contribution in [0.3, 0.4) is 0 Å². The van der Waals surface area contributed by atoms with E-state index < -0.39 is 0 Å². The Kier molecular flexibility index (Phi) is 3.24. The fourth-order valence-corrected chi connectivity index (χ4v) is 1.25. The molecule has 1 rings (SSSR count). The van der Waals surface area contributed by atoms with Gasteiger partial charge in [-0.05, 0) is 6.92 Å². The highest BCUT2D eigenvalue weighted by Gasteiger charge is 2.16. The molecule has 0 saturated heterocycles. The van der Waals surface area contributed by atoms with E-state index in [1.807, 2.05) is 14.0 Å². The van der Waals surface area contributed by atoms with E-state index in [9.17, 15) is 4.79 Å². The van der Waals surface area contributed by atoms with Crippen LogP contribution in [0, 0.1) is 6.92 Å². The van der Waals surface area contributed by atoms with Crippen molar-refractivity contribution in [3.05, 3.63) is 17.5 Å². The average molecular weight is 197 g/mol. The van der Waals surface area contributed by atoms with E-state index in [4.69, 9.17) is 5.73 Å². The fraction of sp³-hybridized carbons (Fsp3) is 0.556. The highest BCUT2D eigenvalue weighted by molar-refractivity contribution is 5.70. The van der Waals surface area contributed by atoms with Crippen LogP contribution >= 0.6 is 0 Å². The van der Waals surface area contributed by atoms with Gasteiger partial charge in [-0.3, -0.25) is 9.48 Å². The van der Waals surface area contributed by atoms with Crippen molar-refractivity contribution in [3.8, 4) is 0 Å². The summed E-state index contributed by atoms with van der Waals surface area (Å²) in [6, 6.07) is -0.337. The number of aromatic nitrogens is 2. The summed E-state index contributed by atoms with van der Waals surface area (Å²) >= 11 is 0. The van der Waals surface area contributed by atoms with Crippen LogP contribution in [-0.4, -0.2) is 22.9 Å². The van der Waals surface area contributed by atoms with E-state index >= 15 is 0 Å². The number of hydrogen-bond acceptors (Lipinski definition) is 4. The lowest BCUT2D eigenvalue weighted by atomic mass is 10.1. The number of rotatable bonds is 3. The first-order valence-corrected chi connectivity index (χ1v) is 4.37. The lowest BCUT2D eigenvalue weighted by Gasteiger charge is -2.09. The second kappa shape index (κ2) is 4.23. The van der Waals surface area contributed by atoms with Gasteiger partial charge in [0.25, 0.3) is 0 Å².